The zero-order valence-corrected chi connectivity index (χ0v) is 5.80. The van der Waals surface area contributed by atoms with Crippen molar-refractivity contribution in [1.82, 2.24) is 0 Å². The monoisotopic (exact) mass is 156 g/mol. The molecule has 4 heteroatoms. The maximum Gasteiger partial charge on any atom is 0.159 e. The zero-order chi connectivity index (χ0) is 5.70. The van der Waals surface area contributed by atoms with E-state index < -0.39 is 0 Å². The van der Waals surface area contributed by atoms with Gasteiger partial charge in [0, 0.05) is 6.16 Å². The Hall–Kier alpha value is 0.420. The summed E-state index contributed by atoms with van der Waals surface area (Å²) in [7, 11) is 0.0450. The van der Waals surface area contributed by atoms with E-state index in [2.05, 4.69) is 0 Å². The molecule has 0 unspecified atom stereocenters. The first-order valence-electron chi connectivity index (χ1n) is 1.57. The third kappa shape index (κ3) is 6.42. The lowest BCUT2D eigenvalue weighted by molar-refractivity contribution is 0.600. The van der Waals surface area contributed by atoms with Crippen LogP contribution >= 0.6 is 31.7 Å². The molecular formula is C3H3Cl2OP. The predicted octanol–water partition coefficient (Wildman–Crippen LogP) is 2.60. The molecular weight excluding hydrogens is 154 g/mol. The highest BCUT2D eigenvalue weighted by Gasteiger charge is 1.79. The van der Waals surface area contributed by atoms with Crippen molar-refractivity contribution in [3.8, 4) is 0 Å². The first-order chi connectivity index (χ1) is 3.27. The molecule has 0 bridgehead atoms. The van der Waals surface area contributed by atoms with Crippen molar-refractivity contribution in [2.75, 3.05) is 6.16 Å². The molecule has 7 heavy (non-hydrogen) atoms. The van der Waals surface area contributed by atoms with Gasteiger partial charge in [-0.25, -0.2) is 0 Å². The van der Waals surface area contributed by atoms with Crippen LogP contribution < -0.4 is 0 Å². The lowest BCUT2D eigenvalue weighted by Crippen LogP contribution is -1.57. The molecule has 0 saturated carbocycles. The molecule has 0 aliphatic heterocycles. The van der Waals surface area contributed by atoms with Gasteiger partial charge in [-0.1, -0.05) is 23.2 Å². The molecule has 0 aromatic heterocycles. The van der Waals surface area contributed by atoms with Crippen LogP contribution in [0.1, 0.15) is 0 Å². The Kier molecular flexibility index (Phi) is 4.85. The molecule has 0 heterocycles. The van der Waals surface area contributed by atoms with E-state index in [4.69, 9.17) is 23.2 Å². The van der Waals surface area contributed by atoms with Crippen LogP contribution in [-0.4, -0.2) is 6.16 Å². The SMILES string of the molecule is O=PCC=C(Cl)Cl. The molecule has 0 spiro atoms. The smallest absolute Gasteiger partial charge is 0.159 e. The summed E-state index contributed by atoms with van der Waals surface area (Å²) in [5.41, 5.74) is 0. The van der Waals surface area contributed by atoms with Gasteiger partial charge in [0.25, 0.3) is 0 Å². The van der Waals surface area contributed by atoms with Gasteiger partial charge in [-0.15, -0.1) is 0 Å². The molecule has 40 valence electrons. The summed E-state index contributed by atoms with van der Waals surface area (Å²) in [6.45, 7) is 0. The fraction of sp³-hybridized carbons (Fsp3) is 0.333. The van der Waals surface area contributed by atoms with Crippen LogP contribution in [0.3, 0.4) is 0 Å². The Morgan fingerprint density at radius 2 is 2.29 bits per heavy atom. The Balaban J connectivity index is 3.25. The van der Waals surface area contributed by atoms with Gasteiger partial charge in [0.15, 0.2) is 8.46 Å². The van der Waals surface area contributed by atoms with Crippen molar-refractivity contribution in [1.29, 1.82) is 0 Å². The molecule has 0 aliphatic carbocycles. The molecule has 0 radical (unpaired) electrons. The summed E-state index contributed by atoms with van der Waals surface area (Å²) in [5, 5.41) is 0. The maximum absolute atomic E-state index is 9.64. The molecule has 0 saturated heterocycles. The van der Waals surface area contributed by atoms with Gasteiger partial charge >= 0.3 is 0 Å². The number of halogens is 2. The van der Waals surface area contributed by atoms with E-state index in [1.54, 1.807) is 0 Å². The van der Waals surface area contributed by atoms with E-state index >= 15 is 0 Å². The first kappa shape index (κ1) is 7.42. The largest absolute Gasteiger partial charge is 0.275 e. The number of hydrogen-bond donors (Lipinski definition) is 0. The summed E-state index contributed by atoms with van der Waals surface area (Å²) in [6, 6.07) is 0. The molecule has 0 N–H and O–H groups in total. The Labute approximate surface area is 53.5 Å². The quantitative estimate of drug-likeness (QED) is 0.563. The molecule has 0 atom stereocenters. The standard InChI is InChI=1S/C3H3Cl2OP/c4-3(5)1-2-7-6/h1H,2H2. The van der Waals surface area contributed by atoms with Gasteiger partial charge in [-0.2, -0.15) is 0 Å². The van der Waals surface area contributed by atoms with Crippen molar-refractivity contribution >= 4 is 31.7 Å². The van der Waals surface area contributed by atoms with Crippen molar-refractivity contribution < 1.29 is 4.57 Å². The molecule has 0 rings (SSSR count). The highest BCUT2D eigenvalue weighted by atomic mass is 35.5. The van der Waals surface area contributed by atoms with Crippen molar-refractivity contribution in [3.05, 3.63) is 10.6 Å². The van der Waals surface area contributed by atoms with E-state index in [1.807, 2.05) is 0 Å². The first-order valence-corrected chi connectivity index (χ1v) is 3.33. The summed E-state index contributed by atoms with van der Waals surface area (Å²) >= 11 is 10.3. The molecule has 0 fully saturated rings. The topological polar surface area (TPSA) is 17.1 Å². The number of allylic oxidation sites excluding steroid dienone is 1. The Morgan fingerprint density at radius 1 is 1.71 bits per heavy atom. The van der Waals surface area contributed by atoms with Crippen LogP contribution in [0.2, 0.25) is 0 Å². The molecule has 0 amide bonds. The lowest BCUT2D eigenvalue weighted by Gasteiger charge is -1.73. The maximum atomic E-state index is 9.64. The van der Waals surface area contributed by atoms with E-state index in [1.165, 1.54) is 6.08 Å². The van der Waals surface area contributed by atoms with E-state index in [-0.39, 0.29) is 13.0 Å². The number of rotatable bonds is 2. The average molecular weight is 157 g/mol. The Morgan fingerprint density at radius 3 is 2.43 bits per heavy atom. The highest BCUT2D eigenvalue weighted by molar-refractivity contribution is 7.24. The molecule has 1 nitrogen and oxygen atoms in total. The van der Waals surface area contributed by atoms with Gasteiger partial charge in [-0.05, 0) is 6.08 Å². The second-order valence-electron chi connectivity index (χ2n) is 0.805. The third-order valence-corrected chi connectivity index (χ3v) is 0.960. The van der Waals surface area contributed by atoms with Crippen LogP contribution in [0.15, 0.2) is 10.6 Å². The Bertz CT molecular complexity index is 86.9. The summed E-state index contributed by atoms with van der Waals surface area (Å²) in [6.07, 6.45) is 1.86. The van der Waals surface area contributed by atoms with E-state index in [0.717, 1.165) is 0 Å². The second kappa shape index (κ2) is 4.58. The molecule has 0 aliphatic rings. The van der Waals surface area contributed by atoms with Gasteiger partial charge in [0.1, 0.15) is 4.49 Å². The van der Waals surface area contributed by atoms with Gasteiger partial charge in [0.2, 0.25) is 0 Å². The normalized spacial score (nSPS) is 8.86. The van der Waals surface area contributed by atoms with Crippen LogP contribution in [-0.2, 0) is 4.57 Å². The summed E-state index contributed by atoms with van der Waals surface area (Å²) < 4.78 is 9.81. The minimum absolute atomic E-state index is 0.0450. The summed E-state index contributed by atoms with van der Waals surface area (Å²) in [4.78, 5) is 0. The minimum Gasteiger partial charge on any atom is -0.275 e. The van der Waals surface area contributed by atoms with E-state index in [0.29, 0.717) is 6.16 Å². The van der Waals surface area contributed by atoms with E-state index in [9.17, 15) is 4.57 Å². The average Bonchev–Trinajstić information content (AvgIpc) is 1.61. The predicted molar refractivity (Wildman–Crippen MR) is 32.3 cm³/mol. The van der Waals surface area contributed by atoms with Crippen LogP contribution in [0.4, 0.5) is 0 Å². The van der Waals surface area contributed by atoms with Gasteiger partial charge < -0.3 is 0 Å². The minimum atomic E-state index is 0.0450. The van der Waals surface area contributed by atoms with Gasteiger partial charge in [-0.3, -0.25) is 4.57 Å². The van der Waals surface area contributed by atoms with Crippen molar-refractivity contribution in [2.45, 2.75) is 0 Å². The summed E-state index contributed by atoms with van der Waals surface area (Å²) in [5.74, 6) is 0. The fourth-order valence-corrected chi connectivity index (χ4v) is 0.733. The fourth-order valence-electron chi connectivity index (χ4n) is 0.106. The lowest BCUT2D eigenvalue weighted by atomic mass is 10.8. The van der Waals surface area contributed by atoms with Crippen LogP contribution in [0.25, 0.3) is 0 Å². The highest BCUT2D eigenvalue weighted by Crippen LogP contribution is 2.07. The molecule has 0 aromatic carbocycles. The molecule has 0 aromatic rings. The second-order valence-corrected chi connectivity index (χ2v) is 2.44. The van der Waals surface area contributed by atoms with Crippen molar-refractivity contribution in [3.63, 3.8) is 0 Å². The van der Waals surface area contributed by atoms with Crippen molar-refractivity contribution in [2.24, 2.45) is 0 Å². The zero-order valence-electron chi connectivity index (χ0n) is 3.40. The van der Waals surface area contributed by atoms with Crippen LogP contribution in [0, 0.1) is 0 Å². The third-order valence-electron chi connectivity index (χ3n) is 0.320. The van der Waals surface area contributed by atoms with Gasteiger partial charge in [0.05, 0.1) is 0 Å². The van der Waals surface area contributed by atoms with Crippen LogP contribution in [0.5, 0.6) is 0 Å². The number of hydrogen-bond acceptors (Lipinski definition) is 1.